The second-order valence-electron chi connectivity index (χ2n) is 11.0. The standard InChI is InChI=1S/C33H41N5O3/c1-3-25-12-4-5-16-28(25)30(37-32(24-39)17-8-9-18-32)38(2)23-29(40)36-27-14-6-7-19-33(31(34)41,20-10-15-27)26-13-11-21-35-22-26/h4-7,10-16,21-22,24,29,36,40H,3,8-9,17-20,23H2,1-2H3,(H2,34,41)/b7-6+,15-10+,27-14+,37-30?/t29?,33-/m1/s1. The molecule has 2 aliphatic carbocycles. The summed E-state index contributed by atoms with van der Waals surface area (Å²) >= 11 is 0. The van der Waals surface area contributed by atoms with Gasteiger partial charge in [-0.25, -0.2) is 0 Å². The first-order valence-corrected chi connectivity index (χ1v) is 14.4. The number of benzene rings is 1. The van der Waals surface area contributed by atoms with Gasteiger partial charge in [-0.2, -0.15) is 0 Å². The van der Waals surface area contributed by atoms with Gasteiger partial charge in [0.25, 0.3) is 0 Å². The van der Waals surface area contributed by atoms with Crippen molar-refractivity contribution in [3.63, 3.8) is 0 Å². The summed E-state index contributed by atoms with van der Waals surface area (Å²) in [5.74, 6) is 0.298. The van der Waals surface area contributed by atoms with Gasteiger partial charge in [0.1, 0.15) is 23.9 Å². The molecule has 1 amide bonds. The van der Waals surface area contributed by atoms with E-state index in [4.69, 9.17) is 10.7 Å². The number of rotatable bonds is 10. The summed E-state index contributed by atoms with van der Waals surface area (Å²) in [5.41, 5.74) is 7.85. The number of aldehydes is 1. The molecule has 8 nitrogen and oxygen atoms in total. The molecule has 1 aromatic heterocycles. The van der Waals surface area contributed by atoms with Crippen LogP contribution in [0.15, 0.2) is 89.9 Å². The lowest BCUT2D eigenvalue weighted by molar-refractivity contribution is -0.123. The van der Waals surface area contributed by atoms with Crippen LogP contribution in [0.25, 0.3) is 0 Å². The summed E-state index contributed by atoms with van der Waals surface area (Å²) < 4.78 is 0. The van der Waals surface area contributed by atoms with Crippen molar-refractivity contribution in [1.29, 1.82) is 0 Å². The van der Waals surface area contributed by atoms with Gasteiger partial charge in [0.2, 0.25) is 5.91 Å². The largest absolute Gasteiger partial charge is 0.372 e. The lowest BCUT2D eigenvalue weighted by atomic mass is 9.74. The number of aliphatic imine (C=N–C) groups is 1. The first-order chi connectivity index (χ1) is 19.8. The predicted molar refractivity (Wildman–Crippen MR) is 162 cm³/mol. The van der Waals surface area contributed by atoms with Gasteiger partial charge < -0.3 is 25.9 Å². The fourth-order valence-electron chi connectivity index (χ4n) is 5.72. The number of pyridine rings is 1. The van der Waals surface area contributed by atoms with Gasteiger partial charge >= 0.3 is 0 Å². The normalized spacial score (nSPS) is 24.1. The topological polar surface area (TPSA) is 121 Å². The van der Waals surface area contributed by atoms with E-state index in [2.05, 4.69) is 23.3 Å². The summed E-state index contributed by atoms with van der Waals surface area (Å²) in [7, 11) is 1.89. The summed E-state index contributed by atoms with van der Waals surface area (Å²) in [6.07, 6.45) is 17.9. The number of nitrogens with two attached hydrogens (primary N) is 1. The van der Waals surface area contributed by atoms with Crippen LogP contribution >= 0.6 is 0 Å². The highest BCUT2D eigenvalue weighted by molar-refractivity contribution is 6.01. The lowest BCUT2D eigenvalue weighted by Crippen LogP contribution is -2.43. The molecule has 1 fully saturated rings. The van der Waals surface area contributed by atoms with E-state index in [-0.39, 0.29) is 6.54 Å². The number of nitrogens with zero attached hydrogens (tertiary/aromatic N) is 3. The average Bonchev–Trinajstić information content (AvgIpc) is 3.49. The molecule has 216 valence electrons. The third kappa shape index (κ3) is 7.00. The monoisotopic (exact) mass is 555 g/mol. The summed E-state index contributed by atoms with van der Waals surface area (Å²) in [5, 5.41) is 14.3. The van der Waals surface area contributed by atoms with E-state index in [1.54, 1.807) is 18.5 Å². The highest BCUT2D eigenvalue weighted by Gasteiger charge is 2.37. The zero-order valence-electron chi connectivity index (χ0n) is 24.0. The van der Waals surface area contributed by atoms with Gasteiger partial charge in [-0.1, -0.05) is 68.3 Å². The number of aryl methyl sites for hydroxylation is 1. The molecule has 1 heterocycles. The minimum absolute atomic E-state index is 0.238. The number of hydrogen-bond donors (Lipinski definition) is 3. The third-order valence-electron chi connectivity index (χ3n) is 8.13. The van der Waals surface area contributed by atoms with E-state index in [9.17, 15) is 14.7 Å². The Bertz CT molecular complexity index is 1330. The van der Waals surface area contributed by atoms with E-state index < -0.39 is 23.1 Å². The molecule has 0 aliphatic heterocycles. The van der Waals surface area contributed by atoms with Gasteiger partial charge in [0.15, 0.2) is 0 Å². The van der Waals surface area contributed by atoms with E-state index in [1.807, 2.05) is 66.6 Å². The van der Waals surface area contributed by atoms with Crippen LogP contribution < -0.4 is 11.1 Å². The maximum atomic E-state index is 12.6. The number of hydrogen-bond acceptors (Lipinski definition) is 6. The first kappa shape index (κ1) is 29.9. The Kier molecular flexibility index (Phi) is 9.89. The van der Waals surface area contributed by atoms with Gasteiger partial charge in [-0.05, 0) is 61.4 Å². The van der Waals surface area contributed by atoms with E-state index >= 15 is 0 Å². The molecule has 0 bridgehead atoms. The van der Waals surface area contributed by atoms with Gasteiger partial charge in [0, 0.05) is 30.7 Å². The molecule has 0 saturated heterocycles. The maximum absolute atomic E-state index is 12.6. The van der Waals surface area contributed by atoms with Gasteiger partial charge in [0.05, 0.1) is 12.0 Å². The molecule has 1 unspecified atom stereocenters. The highest BCUT2D eigenvalue weighted by Crippen LogP contribution is 2.34. The van der Waals surface area contributed by atoms with Crippen LogP contribution in [0.2, 0.25) is 0 Å². The number of aliphatic hydroxyl groups is 1. The summed E-state index contributed by atoms with van der Waals surface area (Å²) in [6, 6.07) is 11.8. The predicted octanol–water partition coefficient (Wildman–Crippen LogP) is 3.96. The van der Waals surface area contributed by atoms with Crippen LogP contribution in [0.4, 0.5) is 0 Å². The summed E-state index contributed by atoms with van der Waals surface area (Å²) in [4.78, 5) is 36.0. The molecular formula is C33H41N5O3. The van der Waals surface area contributed by atoms with Gasteiger partial charge in [-0.3, -0.25) is 14.8 Å². The zero-order chi connectivity index (χ0) is 29.3. The van der Waals surface area contributed by atoms with Crippen molar-refractivity contribution in [3.05, 3.63) is 102 Å². The number of amidine groups is 1. The molecule has 8 heteroatoms. The quantitative estimate of drug-likeness (QED) is 0.177. The first-order valence-electron chi connectivity index (χ1n) is 14.4. The second-order valence-corrected chi connectivity index (χ2v) is 11.0. The molecule has 2 aromatic rings. The molecular weight excluding hydrogens is 514 g/mol. The van der Waals surface area contributed by atoms with Crippen LogP contribution in [0, 0.1) is 0 Å². The SMILES string of the molecule is CCc1ccccc1C(=NC1(C=O)CCCC1)N(C)CC(O)NC1=C/C=C/C[C@](C(N)=O)(c2cccnc2)C\C=C\1. The Morgan fingerprint density at radius 1 is 1.20 bits per heavy atom. The number of aromatic nitrogens is 1. The number of carbonyl (C=O) groups excluding carboxylic acids is 2. The minimum Gasteiger partial charge on any atom is -0.372 e. The number of primary amides is 1. The Labute approximate surface area is 242 Å². The second kappa shape index (κ2) is 13.5. The van der Waals surface area contributed by atoms with Crippen LogP contribution in [-0.4, -0.2) is 58.4 Å². The molecule has 1 aromatic carbocycles. The molecule has 0 spiro atoms. The van der Waals surface area contributed by atoms with E-state index in [1.165, 1.54) is 0 Å². The lowest BCUT2D eigenvalue weighted by Gasteiger charge is -2.29. The molecule has 2 aliphatic rings. The molecule has 2 atom stereocenters. The van der Waals surface area contributed by atoms with Crippen molar-refractivity contribution in [2.75, 3.05) is 13.6 Å². The third-order valence-corrected chi connectivity index (χ3v) is 8.13. The average molecular weight is 556 g/mol. The number of likely N-dealkylation sites (N-methyl/N-ethyl adjacent to an activating group) is 1. The zero-order valence-corrected chi connectivity index (χ0v) is 24.0. The molecule has 41 heavy (non-hydrogen) atoms. The number of carbonyl (C=O) groups is 2. The Morgan fingerprint density at radius 3 is 2.63 bits per heavy atom. The smallest absolute Gasteiger partial charge is 0.228 e. The van der Waals surface area contributed by atoms with E-state index in [0.29, 0.717) is 24.4 Å². The van der Waals surface area contributed by atoms with Crippen molar-refractivity contribution in [2.45, 2.75) is 69.1 Å². The number of aliphatic hydroxyl groups excluding tert-OH is 1. The van der Waals surface area contributed by atoms with Crippen molar-refractivity contribution >= 4 is 18.0 Å². The highest BCUT2D eigenvalue weighted by atomic mass is 16.3. The van der Waals surface area contributed by atoms with Crippen molar-refractivity contribution < 1.29 is 14.7 Å². The van der Waals surface area contributed by atoms with Crippen LogP contribution in [0.1, 0.15) is 62.1 Å². The van der Waals surface area contributed by atoms with Crippen molar-refractivity contribution in [3.8, 4) is 0 Å². The fraction of sp³-hybridized carbons (Fsp3) is 0.394. The van der Waals surface area contributed by atoms with Crippen LogP contribution in [0.3, 0.4) is 0 Å². The van der Waals surface area contributed by atoms with Crippen LogP contribution in [0.5, 0.6) is 0 Å². The molecule has 4 rings (SSSR count). The number of allylic oxidation sites excluding steroid dienone is 5. The Morgan fingerprint density at radius 2 is 1.95 bits per heavy atom. The van der Waals surface area contributed by atoms with Crippen molar-refractivity contribution in [1.82, 2.24) is 15.2 Å². The summed E-state index contributed by atoms with van der Waals surface area (Å²) in [6.45, 7) is 2.34. The van der Waals surface area contributed by atoms with Gasteiger partial charge in [-0.15, -0.1) is 0 Å². The van der Waals surface area contributed by atoms with E-state index in [0.717, 1.165) is 55.1 Å². The van der Waals surface area contributed by atoms with Crippen molar-refractivity contribution in [2.24, 2.45) is 10.7 Å². The fourth-order valence-corrected chi connectivity index (χ4v) is 5.72. The maximum Gasteiger partial charge on any atom is 0.228 e. The Hall–Kier alpha value is -4.04. The number of nitrogens with one attached hydrogen (secondary N) is 1. The Balaban J connectivity index is 1.53. The number of amides is 1. The molecule has 1 saturated carbocycles. The molecule has 4 N–H and O–H groups in total. The van der Waals surface area contributed by atoms with Crippen LogP contribution in [-0.2, 0) is 21.4 Å². The minimum atomic E-state index is -0.931. The molecule has 0 radical (unpaired) electrons.